The molecule has 6 nitrogen and oxygen atoms in total. The summed E-state index contributed by atoms with van der Waals surface area (Å²) in [6, 6.07) is 12.7. The van der Waals surface area contributed by atoms with Crippen molar-refractivity contribution in [3.8, 4) is 17.2 Å². The van der Waals surface area contributed by atoms with Crippen molar-refractivity contribution >= 4 is 29.0 Å². The maximum absolute atomic E-state index is 12.7. The number of carbonyl (C=O) groups is 2. The first kappa shape index (κ1) is 19.8. The molecule has 2 aromatic rings. The summed E-state index contributed by atoms with van der Waals surface area (Å²) in [4.78, 5) is 26.7. The summed E-state index contributed by atoms with van der Waals surface area (Å²) in [6.07, 6.45) is 1.67. The zero-order valence-corrected chi connectivity index (χ0v) is 16.7. The number of hydrogen-bond acceptors (Lipinski definition) is 6. The van der Waals surface area contributed by atoms with E-state index >= 15 is 0 Å². The van der Waals surface area contributed by atoms with E-state index in [9.17, 15) is 9.59 Å². The second-order valence-corrected chi connectivity index (χ2v) is 6.95. The number of hydrogen-bond donors (Lipinski definition) is 0. The highest BCUT2D eigenvalue weighted by molar-refractivity contribution is 8.18. The first-order valence-corrected chi connectivity index (χ1v) is 9.56. The number of thioether (sulfide) groups is 1. The largest absolute Gasteiger partial charge is 0.497 e. The Morgan fingerprint density at radius 1 is 1.00 bits per heavy atom. The van der Waals surface area contributed by atoms with Crippen molar-refractivity contribution in [2.45, 2.75) is 13.5 Å². The standard InChI is InChI=1S/C21H21NO5S/c1-4-27-16-8-5-14(6-9-16)13-22-20(23)19(28-21(22)24)11-15-7-10-17(25-2)12-18(15)26-3/h5-12H,4,13H2,1-3H3/b19-11-. The molecular weight excluding hydrogens is 378 g/mol. The van der Waals surface area contributed by atoms with Gasteiger partial charge in [0.1, 0.15) is 17.2 Å². The number of nitrogens with zero attached hydrogens (tertiary/aromatic N) is 1. The molecule has 0 aromatic heterocycles. The molecule has 3 rings (SSSR count). The highest BCUT2D eigenvalue weighted by atomic mass is 32.2. The van der Waals surface area contributed by atoms with E-state index in [2.05, 4.69) is 0 Å². The minimum absolute atomic E-state index is 0.216. The number of carbonyl (C=O) groups excluding carboxylic acids is 2. The molecule has 2 aromatic carbocycles. The molecular formula is C21H21NO5S. The van der Waals surface area contributed by atoms with Gasteiger partial charge in [0.15, 0.2) is 0 Å². The van der Waals surface area contributed by atoms with Crippen LogP contribution >= 0.6 is 11.8 Å². The van der Waals surface area contributed by atoms with E-state index < -0.39 is 0 Å². The minimum atomic E-state index is -0.318. The molecule has 0 saturated carbocycles. The predicted octanol–water partition coefficient (Wildman–Crippen LogP) is 4.34. The summed E-state index contributed by atoms with van der Waals surface area (Å²) < 4.78 is 16.0. The number of benzene rings is 2. The summed E-state index contributed by atoms with van der Waals surface area (Å²) in [7, 11) is 3.12. The molecule has 1 fully saturated rings. The van der Waals surface area contributed by atoms with Gasteiger partial charge in [-0.3, -0.25) is 14.5 Å². The Kier molecular flexibility index (Phi) is 6.26. The third kappa shape index (κ3) is 4.31. The fourth-order valence-electron chi connectivity index (χ4n) is 2.76. The maximum Gasteiger partial charge on any atom is 0.293 e. The Labute approximate surface area is 168 Å². The van der Waals surface area contributed by atoms with Crippen molar-refractivity contribution < 1.29 is 23.8 Å². The van der Waals surface area contributed by atoms with Gasteiger partial charge in [0.2, 0.25) is 0 Å². The van der Waals surface area contributed by atoms with Gasteiger partial charge in [-0.2, -0.15) is 0 Å². The number of rotatable bonds is 7. The van der Waals surface area contributed by atoms with Crippen LogP contribution in [0.4, 0.5) is 4.79 Å². The van der Waals surface area contributed by atoms with Crippen molar-refractivity contribution in [1.82, 2.24) is 4.90 Å². The van der Waals surface area contributed by atoms with Gasteiger partial charge < -0.3 is 14.2 Å². The number of ether oxygens (including phenoxy) is 3. The summed E-state index contributed by atoms with van der Waals surface area (Å²) in [5.41, 5.74) is 1.56. The molecule has 0 atom stereocenters. The van der Waals surface area contributed by atoms with E-state index in [1.54, 1.807) is 38.5 Å². The Morgan fingerprint density at radius 3 is 2.36 bits per heavy atom. The molecule has 0 unspecified atom stereocenters. The molecule has 7 heteroatoms. The van der Waals surface area contributed by atoms with Gasteiger partial charge in [-0.25, -0.2) is 0 Å². The Morgan fingerprint density at radius 2 is 1.71 bits per heavy atom. The normalized spacial score (nSPS) is 15.2. The van der Waals surface area contributed by atoms with Crippen LogP contribution in [0.3, 0.4) is 0 Å². The summed E-state index contributed by atoms with van der Waals surface area (Å²) in [5.74, 6) is 1.66. The molecule has 2 amide bonds. The number of methoxy groups -OCH3 is 2. The van der Waals surface area contributed by atoms with Crippen molar-refractivity contribution in [1.29, 1.82) is 0 Å². The van der Waals surface area contributed by atoms with E-state index in [-0.39, 0.29) is 17.7 Å². The fourth-order valence-corrected chi connectivity index (χ4v) is 3.58. The average molecular weight is 399 g/mol. The van der Waals surface area contributed by atoms with E-state index in [4.69, 9.17) is 14.2 Å². The molecule has 1 heterocycles. The highest BCUT2D eigenvalue weighted by Gasteiger charge is 2.35. The molecule has 0 N–H and O–H groups in total. The Hall–Kier alpha value is -2.93. The number of imide groups is 1. The Balaban J connectivity index is 1.78. The molecule has 1 saturated heterocycles. The van der Waals surface area contributed by atoms with Crippen LogP contribution in [0.1, 0.15) is 18.1 Å². The average Bonchev–Trinajstić information content (AvgIpc) is 2.97. The van der Waals surface area contributed by atoms with Crippen LogP contribution in [0.2, 0.25) is 0 Å². The number of amides is 2. The van der Waals surface area contributed by atoms with Crippen LogP contribution in [0.25, 0.3) is 6.08 Å². The second-order valence-electron chi connectivity index (χ2n) is 5.95. The molecule has 1 aliphatic heterocycles. The van der Waals surface area contributed by atoms with Gasteiger partial charge in [-0.1, -0.05) is 12.1 Å². The van der Waals surface area contributed by atoms with Crippen molar-refractivity contribution in [3.63, 3.8) is 0 Å². The van der Waals surface area contributed by atoms with Crippen molar-refractivity contribution in [3.05, 3.63) is 58.5 Å². The molecule has 0 aliphatic carbocycles. The summed E-state index contributed by atoms with van der Waals surface area (Å²) in [6.45, 7) is 2.72. The second kappa shape index (κ2) is 8.84. The van der Waals surface area contributed by atoms with Crippen LogP contribution in [0, 0.1) is 0 Å². The van der Waals surface area contributed by atoms with Crippen molar-refractivity contribution in [2.75, 3.05) is 20.8 Å². The molecule has 146 valence electrons. The van der Waals surface area contributed by atoms with Crippen molar-refractivity contribution in [2.24, 2.45) is 0 Å². The van der Waals surface area contributed by atoms with Gasteiger partial charge in [0.05, 0.1) is 32.3 Å². The van der Waals surface area contributed by atoms with Gasteiger partial charge in [-0.15, -0.1) is 0 Å². The van der Waals surface area contributed by atoms with E-state index in [0.717, 1.165) is 23.1 Å². The topological polar surface area (TPSA) is 65.1 Å². The maximum atomic E-state index is 12.7. The molecule has 0 spiro atoms. The monoisotopic (exact) mass is 399 g/mol. The van der Waals surface area contributed by atoms with Gasteiger partial charge in [-0.05, 0) is 54.6 Å². The Bertz CT molecular complexity index is 908. The summed E-state index contributed by atoms with van der Waals surface area (Å²) >= 11 is 0.923. The van der Waals surface area contributed by atoms with Crippen LogP contribution < -0.4 is 14.2 Å². The first-order valence-electron chi connectivity index (χ1n) is 8.74. The van der Waals surface area contributed by atoms with Crippen LogP contribution in [-0.2, 0) is 11.3 Å². The van der Waals surface area contributed by atoms with Crippen LogP contribution in [0.15, 0.2) is 47.4 Å². The third-order valence-electron chi connectivity index (χ3n) is 4.18. The highest BCUT2D eigenvalue weighted by Crippen LogP contribution is 2.35. The van der Waals surface area contributed by atoms with Crippen LogP contribution in [-0.4, -0.2) is 36.9 Å². The molecule has 0 bridgehead atoms. The lowest BCUT2D eigenvalue weighted by molar-refractivity contribution is -0.123. The van der Waals surface area contributed by atoms with Crippen LogP contribution in [0.5, 0.6) is 17.2 Å². The van der Waals surface area contributed by atoms with Gasteiger partial charge in [0, 0.05) is 11.6 Å². The zero-order chi connectivity index (χ0) is 20.1. The molecule has 1 aliphatic rings. The van der Waals surface area contributed by atoms with E-state index in [0.29, 0.717) is 28.6 Å². The minimum Gasteiger partial charge on any atom is -0.497 e. The smallest absolute Gasteiger partial charge is 0.293 e. The lowest BCUT2D eigenvalue weighted by Crippen LogP contribution is -2.27. The molecule has 0 radical (unpaired) electrons. The fraction of sp³-hybridized carbons (Fsp3) is 0.238. The molecule has 28 heavy (non-hydrogen) atoms. The lowest BCUT2D eigenvalue weighted by Gasteiger charge is -2.13. The quantitative estimate of drug-likeness (QED) is 0.646. The van der Waals surface area contributed by atoms with Gasteiger partial charge >= 0.3 is 0 Å². The van der Waals surface area contributed by atoms with Gasteiger partial charge in [0.25, 0.3) is 11.1 Å². The zero-order valence-electron chi connectivity index (χ0n) is 15.9. The first-order chi connectivity index (χ1) is 13.5. The SMILES string of the molecule is CCOc1ccc(CN2C(=O)S/C(=C\c3ccc(OC)cc3OC)C2=O)cc1. The predicted molar refractivity (Wildman–Crippen MR) is 109 cm³/mol. The third-order valence-corrected chi connectivity index (χ3v) is 5.08. The lowest BCUT2D eigenvalue weighted by atomic mass is 10.1. The van der Waals surface area contributed by atoms with E-state index in [1.165, 1.54) is 4.90 Å². The van der Waals surface area contributed by atoms with E-state index in [1.807, 2.05) is 31.2 Å². The summed E-state index contributed by atoms with van der Waals surface area (Å²) in [5, 5.41) is -0.294.